The van der Waals surface area contributed by atoms with Crippen LogP contribution in [0.5, 0.6) is 0 Å². The molecule has 1 aromatic heterocycles. The van der Waals surface area contributed by atoms with Crippen molar-refractivity contribution < 1.29 is 9.13 Å². The fourth-order valence-corrected chi connectivity index (χ4v) is 2.61. The predicted octanol–water partition coefficient (Wildman–Crippen LogP) is 2.71. The molecule has 2 heterocycles. The molecule has 1 aliphatic heterocycles. The topological polar surface area (TPSA) is 44.1 Å². The minimum absolute atomic E-state index is 0.107. The van der Waals surface area contributed by atoms with E-state index in [1.807, 2.05) is 4.68 Å². The molecule has 1 aromatic carbocycles. The second-order valence-corrected chi connectivity index (χ2v) is 5.29. The van der Waals surface area contributed by atoms with Crippen LogP contribution in [0.25, 0.3) is 11.1 Å². The molecule has 3 rings (SSSR count). The number of halogens is 1. The molecule has 0 saturated carbocycles. The van der Waals surface area contributed by atoms with Gasteiger partial charge in [-0.15, -0.1) is 0 Å². The lowest BCUT2D eigenvalue weighted by Crippen LogP contribution is -2.25. The Morgan fingerprint density at radius 2 is 1.90 bits per heavy atom. The van der Waals surface area contributed by atoms with Gasteiger partial charge in [-0.2, -0.15) is 5.10 Å². The van der Waals surface area contributed by atoms with Crippen molar-refractivity contribution in [2.45, 2.75) is 25.8 Å². The van der Waals surface area contributed by atoms with Gasteiger partial charge < -0.3 is 4.74 Å². The fourth-order valence-electron chi connectivity index (χ4n) is 2.61. The molecule has 0 spiro atoms. The number of hydrogen-bond acceptors (Lipinski definition) is 3. The Morgan fingerprint density at radius 1 is 1.24 bits per heavy atom. The molecule has 0 aliphatic carbocycles. The van der Waals surface area contributed by atoms with Crippen LogP contribution < -0.4 is 5.43 Å². The smallest absolute Gasteiger partial charge is 0.210 e. The van der Waals surface area contributed by atoms with Gasteiger partial charge in [0.15, 0.2) is 0 Å². The Labute approximate surface area is 122 Å². The minimum atomic E-state index is -0.311. The van der Waals surface area contributed by atoms with Crippen LogP contribution in [0.2, 0.25) is 0 Å². The summed E-state index contributed by atoms with van der Waals surface area (Å²) >= 11 is 0. The second kappa shape index (κ2) is 5.77. The summed E-state index contributed by atoms with van der Waals surface area (Å²) in [5, 5.41) is 4.37. The van der Waals surface area contributed by atoms with Crippen molar-refractivity contribution in [3.05, 3.63) is 52.2 Å². The largest absolute Gasteiger partial charge is 0.381 e. The van der Waals surface area contributed by atoms with Crippen LogP contribution in [0, 0.1) is 12.7 Å². The van der Waals surface area contributed by atoms with Crippen molar-refractivity contribution in [3.8, 4) is 11.1 Å². The summed E-state index contributed by atoms with van der Waals surface area (Å²) in [6, 6.07) is 6.23. The SMILES string of the molecule is Cc1nn(C2CCOCC2)cc(-c2ccc(F)cc2)c1=O. The van der Waals surface area contributed by atoms with Crippen LogP contribution in [0.4, 0.5) is 4.39 Å². The van der Waals surface area contributed by atoms with Gasteiger partial charge >= 0.3 is 0 Å². The molecule has 1 fully saturated rings. The first-order valence-corrected chi connectivity index (χ1v) is 7.09. The van der Waals surface area contributed by atoms with E-state index in [0.29, 0.717) is 30.0 Å². The van der Waals surface area contributed by atoms with Gasteiger partial charge in [-0.3, -0.25) is 9.48 Å². The third-order valence-electron chi connectivity index (χ3n) is 3.82. The molecule has 0 unspecified atom stereocenters. The minimum Gasteiger partial charge on any atom is -0.381 e. The van der Waals surface area contributed by atoms with Crippen LogP contribution in [-0.2, 0) is 4.74 Å². The summed E-state index contributed by atoms with van der Waals surface area (Å²) in [4.78, 5) is 12.3. The molecule has 4 nitrogen and oxygen atoms in total. The number of nitrogens with zero attached hydrogens (tertiary/aromatic N) is 2. The van der Waals surface area contributed by atoms with Crippen LogP contribution in [0.15, 0.2) is 35.3 Å². The van der Waals surface area contributed by atoms with Crippen LogP contribution in [-0.4, -0.2) is 23.0 Å². The van der Waals surface area contributed by atoms with Crippen molar-refractivity contribution in [3.63, 3.8) is 0 Å². The molecule has 1 aliphatic rings. The van der Waals surface area contributed by atoms with E-state index in [1.165, 1.54) is 12.1 Å². The molecule has 5 heteroatoms. The number of aryl methyl sites for hydroxylation is 1. The third kappa shape index (κ3) is 2.88. The first-order chi connectivity index (χ1) is 10.1. The molecule has 0 amide bonds. The Kier molecular flexibility index (Phi) is 3.84. The summed E-state index contributed by atoms with van der Waals surface area (Å²) in [5.74, 6) is -0.311. The standard InChI is InChI=1S/C16H17FN2O2/c1-11-16(20)15(12-2-4-13(17)5-3-12)10-19(18-11)14-6-8-21-9-7-14/h2-5,10,14H,6-9H2,1H3. The average molecular weight is 288 g/mol. The zero-order valence-electron chi connectivity index (χ0n) is 11.9. The van der Waals surface area contributed by atoms with Gasteiger partial charge in [0.1, 0.15) is 11.5 Å². The lowest BCUT2D eigenvalue weighted by molar-refractivity contribution is 0.0656. The third-order valence-corrected chi connectivity index (χ3v) is 3.82. The molecule has 110 valence electrons. The van der Waals surface area contributed by atoms with E-state index in [1.54, 1.807) is 25.3 Å². The summed E-state index contributed by atoms with van der Waals surface area (Å²) in [5.41, 5.74) is 1.63. The lowest BCUT2D eigenvalue weighted by Gasteiger charge is -2.24. The second-order valence-electron chi connectivity index (χ2n) is 5.29. The van der Waals surface area contributed by atoms with E-state index in [2.05, 4.69) is 5.10 Å². The number of hydrogen-bond donors (Lipinski definition) is 0. The molecule has 0 N–H and O–H groups in total. The van der Waals surface area contributed by atoms with Gasteiger partial charge in [0.05, 0.1) is 6.04 Å². The van der Waals surface area contributed by atoms with E-state index in [4.69, 9.17) is 4.74 Å². The van der Waals surface area contributed by atoms with Crippen molar-refractivity contribution >= 4 is 0 Å². The highest BCUT2D eigenvalue weighted by Crippen LogP contribution is 2.22. The molecule has 1 saturated heterocycles. The van der Waals surface area contributed by atoms with Gasteiger partial charge in [-0.05, 0) is 37.5 Å². The van der Waals surface area contributed by atoms with Gasteiger partial charge in [-0.25, -0.2) is 4.39 Å². The number of aromatic nitrogens is 2. The van der Waals surface area contributed by atoms with E-state index < -0.39 is 0 Å². The average Bonchev–Trinajstić information content (AvgIpc) is 2.52. The molecule has 0 radical (unpaired) electrons. The number of ether oxygens (including phenoxy) is 1. The molecular weight excluding hydrogens is 271 g/mol. The first-order valence-electron chi connectivity index (χ1n) is 7.09. The molecule has 0 atom stereocenters. The quantitative estimate of drug-likeness (QED) is 0.853. The van der Waals surface area contributed by atoms with Crippen LogP contribution in [0.1, 0.15) is 24.6 Å². The normalized spacial score (nSPS) is 16.1. The Balaban J connectivity index is 2.05. The highest BCUT2D eigenvalue weighted by Gasteiger charge is 2.18. The van der Waals surface area contributed by atoms with E-state index in [0.717, 1.165) is 12.8 Å². The summed E-state index contributed by atoms with van der Waals surface area (Å²) in [7, 11) is 0. The lowest BCUT2D eigenvalue weighted by atomic mass is 10.1. The van der Waals surface area contributed by atoms with Crippen molar-refractivity contribution in [2.75, 3.05) is 13.2 Å². The highest BCUT2D eigenvalue weighted by molar-refractivity contribution is 5.62. The highest BCUT2D eigenvalue weighted by atomic mass is 19.1. The van der Waals surface area contributed by atoms with Crippen LogP contribution >= 0.6 is 0 Å². The summed E-state index contributed by atoms with van der Waals surface area (Å²) in [6.45, 7) is 3.14. The van der Waals surface area contributed by atoms with E-state index in [-0.39, 0.29) is 17.3 Å². The fraction of sp³-hybridized carbons (Fsp3) is 0.375. The predicted molar refractivity (Wildman–Crippen MR) is 77.7 cm³/mol. The van der Waals surface area contributed by atoms with Crippen molar-refractivity contribution in [1.82, 2.24) is 9.78 Å². The summed E-state index contributed by atoms with van der Waals surface area (Å²) < 4.78 is 20.3. The maximum Gasteiger partial charge on any atom is 0.210 e. The number of benzene rings is 1. The van der Waals surface area contributed by atoms with Crippen molar-refractivity contribution in [2.24, 2.45) is 0 Å². The first kappa shape index (κ1) is 13.9. The van der Waals surface area contributed by atoms with E-state index in [9.17, 15) is 9.18 Å². The van der Waals surface area contributed by atoms with Gasteiger partial charge in [0.2, 0.25) is 5.43 Å². The van der Waals surface area contributed by atoms with Gasteiger partial charge in [-0.1, -0.05) is 12.1 Å². The summed E-state index contributed by atoms with van der Waals surface area (Å²) in [6.07, 6.45) is 3.55. The molecule has 21 heavy (non-hydrogen) atoms. The van der Waals surface area contributed by atoms with Gasteiger partial charge in [0.25, 0.3) is 0 Å². The van der Waals surface area contributed by atoms with Crippen LogP contribution in [0.3, 0.4) is 0 Å². The maximum absolute atomic E-state index is 13.0. The monoisotopic (exact) mass is 288 g/mol. The molecular formula is C16H17FN2O2. The maximum atomic E-state index is 13.0. The van der Waals surface area contributed by atoms with E-state index >= 15 is 0 Å². The Bertz CT molecular complexity index is 688. The van der Waals surface area contributed by atoms with Gasteiger partial charge in [0, 0.05) is 25.0 Å². The Hall–Kier alpha value is -2.01. The zero-order chi connectivity index (χ0) is 14.8. The molecule has 0 bridgehead atoms. The Morgan fingerprint density at radius 3 is 2.57 bits per heavy atom. The molecule has 2 aromatic rings. The zero-order valence-corrected chi connectivity index (χ0v) is 11.9. The number of rotatable bonds is 2. The van der Waals surface area contributed by atoms with Crippen molar-refractivity contribution in [1.29, 1.82) is 0 Å².